The summed E-state index contributed by atoms with van der Waals surface area (Å²) in [4.78, 5) is 3.26. The Balaban J connectivity index is 1.69. The Morgan fingerprint density at radius 1 is 1.04 bits per heavy atom. The fourth-order valence-corrected chi connectivity index (χ4v) is 2.81. The van der Waals surface area contributed by atoms with E-state index in [0.29, 0.717) is 0 Å². The summed E-state index contributed by atoms with van der Waals surface area (Å²) in [5, 5.41) is 4.89. The lowest BCUT2D eigenvalue weighted by Gasteiger charge is -2.17. The molecule has 0 saturated heterocycles. The summed E-state index contributed by atoms with van der Waals surface area (Å²) in [6.45, 7) is 7.12. The molecule has 3 heteroatoms. The summed E-state index contributed by atoms with van der Waals surface area (Å²) in [5.74, 6) is 0.930. The lowest BCUT2D eigenvalue weighted by molar-refractivity contribution is 0.242. The van der Waals surface area contributed by atoms with E-state index in [4.69, 9.17) is 4.74 Å². The molecule has 1 unspecified atom stereocenters. The van der Waals surface area contributed by atoms with E-state index in [9.17, 15) is 0 Å². The van der Waals surface area contributed by atoms with Crippen LogP contribution in [0.4, 0.5) is 0 Å². The van der Waals surface area contributed by atoms with Gasteiger partial charge in [0.2, 0.25) is 0 Å². The molecule has 2 N–H and O–H groups in total. The first kappa shape index (κ1) is 15.6. The number of fused-ring (bicyclic) bond motifs is 1. The number of rotatable bonds is 6. The van der Waals surface area contributed by atoms with Crippen LogP contribution in [0.2, 0.25) is 0 Å². The lowest BCUT2D eigenvalue weighted by Crippen LogP contribution is -2.18. The quantitative estimate of drug-likeness (QED) is 0.686. The van der Waals surface area contributed by atoms with E-state index in [2.05, 4.69) is 59.7 Å². The molecule has 0 aliphatic rings. The number of nitrogens with one attached hydrogen (secondary N) is 2. The summed E-state index contributed by atoms with van der Waals surface area (Å²) in [6, 6.07) is 17.1. The molecule has 3 nitrogen and oxygen atoms in total. The van der Waals surface area contributed by atoms with Gasteiger partial charge in [-0.2, -0.15) is 0 Å². The zero-order valence-corrected chi connectivity index (χ0v) is 14.0. The van der Waals surface area contributed by atoms with Crippen molar-refractivity contribution in [2.75, 3.05) is 0 Å². The van der Waals surface area contributed by atoms with Gasteiger partial charge in [0.05, 0.1) is 6.10 Å². The fourth-order valence-electron chi connectivity index (χ4n) is 2.81. The van der Waals surface area contributed by atoms with E-state index in [0.717, 1.165) is 12.3 Å². The number of aromatic nitrogens is 1. The number of hydrogen-bond donors (Lipinski definition) is 2. The molecule has 0 aliphatic heterocycles. The van der Waals surface area contributed by atoms with Crippen LogP contribution >= 0.6 is 0 Å². The van der Waals surface area contributed by atoms with E-state index in [1.807, 2.05) is 26.1 Å². The van der Waals surface area contributed by atoms with Gasteiger partial charge in [0, 0.05) is 29.7 Å². The Labute approximate surface area is 137 Å². The molecule has 0 aliphatic carbocycles. The van der Waals surface area contributed by atoms with Crippen molar-refractivity contribution >= 4 is 10.9 Å². The molecule has 1 heterocycles. The number of aromatic amines is 1. The molecular formula is C20H24N2O. The molecule has 0 spiro atoms. The average Bonchev–Trinajstić information content (AvgIpc) is 3.01. The summed E-state index contributed by atoms with van der Waals surface area (Å²) in [7, 11) is 0. The Morgan fingerprint density at radius 3 is 2.70 bits per heavy atom. The Hall–Kier alpha value is -2.26. The second-order valence-corrected chi connectivity index (χ2v) is 6.20. The lowest BCUT2D eigenvalue weighted by atomic mass is 10.1. The second kappa shape index (κ2) is 6.88. The maximum absolute atomic E-state index is 5.78. The van der Waals surface area contributed by atoms with E-state index >= 15 is 0 Å². The van der Waals surface area contributed by atoms with Crippen molar-refractivity contribution in [2.24, 2.45) is 0 Å². The predicted molar refractivity (Wildman–Crippen MR) is 95.8 cm³/mol. The molecule has 0 saturated carbocycles. The van der Waals surface area contributed by atoms with Crippen LogP contribution in [-0.2, 0) is 6.54 Å². The largest absolute Gasteiger partial charge is 0.491 e. The van der Waals surface area contributed by atoms with Crippen LogP contribution in [0, 0.1) is 0 Å². The summed E-state index contributed by atoms with van der Waals surface area (Å²) < 4.78 is 5.78. The highest BCUT2D eigenvalue weighted by molar-refractivity contribution is 5.82. The van der Waals surface area contributed by atoms with Crippen LogP contribution in [0.1, 0.15) is 37.9 Å². The monoisotopic (exact) mass is 308 g/mol. The van der Waals surface area contributed by atoms with Crippen molar-refractivity contribution in [3.63, 3.8) is 0 Å². The SMILES string of the molecule is CC(C)Oc1cccc(C(C)NCc2cccc3[nH]ccc23)c1. The van der Waals surface area contributed by atoms with Gasteiger partial charge in [0.15, 0.2) is 0 Å². The van der Waals surface area contributed by atoms with E-state index < -0.39 is 0 Å². The van der Waals surface area contributed by atoms with Crippen molar-refractivity contribution < 1.29 is 4.74 Å². The molecule has 23 heavy (non-hydrogen) atoms. The van der Waals surface area contributed by atoms with Crippen LogP contribution in [0.15, 0.2) is 54.7 Å². The molecule has 0 bridgehead atoms. The zero-order chi connectivity index (χ0) is 16.2. The molecule has 1 aromatic heterocycles. The minimum absolute atomic E-state index is 0.194. The Morgan fingerprint density at radius 2 is 1.87 bits per heavy atom. The minimum Gasteiger partial charge on any atom is -0.491 e. The highest BCUT2D eigenvalue weighted by Crippen LogP contribution is 2.22. The van der Waals surface area contributed by atoms with Crippen molar-refractivity contribution in [3.05, 3.63) is 65.9 Å². The number of benzene rings is 2. The number of ether oxygens (including phenoxy) is 1. The molecule has 3 aromatic rings. The van der Waals surface area contributed by atoms with Gasteiger partial charge in [0.25, 0.3) is 0 Å². The third-order valence-electron chi connectivity index (χ3n) is 4.01. The van der Waals surface area contributed by atoms with Crippen LogP contribution in [0.25, 0.3) is 10.9 Å². The first-order valence-electron chi connectivity index (χ1n) is 8.18. The zero-order valence-electron chi connectivity index (χ0n) is 14.0. The summed E-state index contributed by atoms with van der Waals surface area (Å²) in [5.41, 5.74) is 3.74. The molecule has 0 amide bonds. The molecule has 0 fully saturated rings. The maximum Gasteiger partial charge on any atom is 0.120 e. The standard InChI is InChI=1S/C20H24N2O/c1-14(2)23-18-8-4-6-16(12-18)15(3)22-13-17-7-5-9-20-19(17)10-11-21-20/h4-12,14-15,21-22H,13H2,1-3H3. The van der Waals surface area contributed by atoms with Crippen LogP contribution in [0.3, 0.4) is 0 Å². The highest BCUT2D eigenvalue weighted by atomic mass is 16.5. The van der Waals surface area contributed by atoms with Crippen LogP contribution < -0.4 is 10.1 Å². The van der Waals surface area contributed by atoms with Crippen molar-refractivity contribution in [1.29, 1.82) is 0 Å². The smallest absolute Gasteiger partial charge is 0.120 e. The Bertz CT molecular complexity index is 776. The van der Waals surface area contributed by atoms with Gasteiger partial charge in [-0.05, 0) is 56.2 Å². The molecule has 1 atom stereocenters. The van der Waals surface area contributed by atoms with Gasteiger partial charge in [-0.1, -0.05) is 24.3 Å². The third kappa shape index (κ3) is 3.74. The predicted octanol–water partition coefficient (Wildman–Crippen LogP) is 4.81. The minimum atomic E-state index is 0.194. The average molecular weight is 308 g/mol. The van der Waals surface area contributed by atoms with Crippen molar-refractivity contribution in [2.45, 2.75) is 39.5 Å². The normalized spacial score (nSPS) is 12.7. The van der Waals surface area contributed by atoms with Crippen molar-refractivity contribution in [3.8, 4) is 5.75 Å². The molecule has 3 rings (SSSR count). The summed E-state index contributed by atoms with van der Waals surface area (Å²) in [6.07, 6.45) is 2.18. The van der Waals surface area contributed by atoms with Gasteiger partial charge in [-0.15, -0.1) is 0 Å². The first-order chi connectivity index (χ1) is 11.1. The van der Waals surface area contributed by atoms with E-state index in [-0.39, 0.29) is 12.1 Å². The molecule has 2 aromatic carbocycles. The Kier molecular flexibility index (Phi) is 4.68. The van der Waals surface area contributed by atoms with Gasteiger partial charge in [-0.3, -0.25) is 0 Å². The van der Waals surface area contributed by atoms with E-state index in [1.165, 1.54) is 22.0 Å². The summed E-state index contributed by atoms with van der Waals surface area (Å²) >= 11 is 0. The number of hydrogen-bond acceptors (Lipinski definition) is 2. The van der Waals surface area contributed by atoms with Gasteiger partial charge in [-0.25, -0.2) is 0 Å². The fraction of sp³-hybridized carbons (Fsp3) is 0.300. The topological polar surface area (TPSA) is 37.0 Å². The van der Waals surface area contributed by atoms with Crippen LogP contribution in [0.5, 0.6) is 5.75 Å². The van der Waals surface area contributed by atoms with Gasteiger partial charge < -0.3 is 15.0 Å². The second-order valence-electron chi connectivity index (χ2n) is 6.20. The van der Waals surface area contributed by atoms with Gasteiger partial charge >= 0.3 is 0 Å². The van der Waals surface area contributed by atoms with Crippen LogP contribution in [-0.4, -0.2) is 11.1 Å². The number of H-pyrrole nitrogens is 1. The van der Waals surface area contributed by atoms with Gasteiger partial charge in [0.1, 0.15) is 5.75 Å². The van der Waals surface area contributed by atoms with Crippen molar-refractivity contribution in [1.82, 2.24) is 10.3 Å². The molecule has 0 radical (unpaired) electrons. The molecular weight excluding hydrogens is 284 g/mol. The third-order valence-corrected chi connectivity index (χ3v) is 4.01. The molecule has 120 valence electrons. The highest BCUT2D eigenvalue weighted by Gasteiger charge is 2.08. The first-order valence-corrected chi connectivity index (χ1v) is 8.18. The van der Waals surface area contributed by atoms with E-state index in [1.54, 1.807) is 0 Å². The maximum atomic E-state index is 5.78.